The second kappa shape index (κ2) is 5.85. The first-order valence-corrected chi connectivity index (χ1v) is 6.90. The lowest BCUT2D eigenvalue weighted by Crippen LogP contribution is -2.53. The number of hydrogen-bond donors (Lipinski definition) is 1. The van der Waals surface area contributed by atoms with Crippen molar-refractivity contribution in [1.82, 2.24) is 4.90 Å². The topological polar surface area (TPSA) is 46.3 Å². The number of carbonyl (C=O) groups excluding carboxylic acids is 1. The molecule has 0 bridgehead atoms. The van der Waals surface area contributed by atoms with Gasteiger partial charge in [0.25, 0.3) is 0 Å². The van der Waals surface area contributed by atoms with E-state index in [4.69, 9.17) is 5.73 Å². The molecule has 0 radical (unpaired) electrons. The summed E-state index contributed by atoms with van der Waals surface area (Å²) in [5, 5.41) is 0. The maximum Gasteiger partial charge on any atom is 0.230 e. The molecule has 100 valence electrons. The van der Waals surface area contributed by atoms with Crippen molar-refractivity contribution in [1.29, 1.82) is 0 Å². The van der Waals surface area contributed by atoms with Crippen LogP contribution >= 0.6 is 0 Å². The lowest BCUT2D eigenvalue weighted by atomic mass is 9.67. The summed E-state index contributed by atoms with van der Waals surface area (Å²) < 4.78 is 0. The fourth-order valence-electron chi connectivity index (χ4n) is 2.57. The van der Waals surface area contributed by atoms with Crippen LogP contribution in [0, 0.1) is 17.3 Å². The highest BCUT2D eigenvalue weighted by Gasteiger charge is 2.45. The van der Waals surface area contributed by atoms with Gasteiger partial charge in [-0.05, 0) is 24.7 Å². The van der Waals surface area contributed by atoms with E-state index >= 15 is 0 Å². The molecule has 1 aliphatic rings. The molecule has 3 nitrogen and oxygen atoms in total. The number of carbonyl (C=O) groups is 1. The zero-order chi connectivity index (χ0) is 13.1. The third-order valence-corrected chi connectivity index (χ3v) is 3.61. The molecule has 1 rings (SSSR count). The second-order valence-corrected chi connectivity index (χ2v) is 6.34. The molecule has 1 saturated carbocycles. The van der Waals surface area contributed by atoms with Crippen LogP contribution in [0.2, 0.25) is 0 Å². The summed E-state index contributed by atoms with van der Waals surface area (Å²) in [4.78, 5) is 14.6. The first-order chi connectivity index (χ1) is 7.91. The van der Waals surface area contributed by atoms with Crippen molar-refractivity contribution in [3.05, 3.63) is 0 Å². The zero-order valence-electron chi connectivity index (χ0n) is 11.8. The molecule has 2 N–H and O–H groups in total. The molecule has 0 unspecified atom stereocenters. The minimum absolute atomic E-state index is 0.218. The van der Waals surface area contributed by atoms with Gasteiger partial charge >= 0.3 is 0 Å². The highest BCUT2D eigenvalue weighted by Crippen LogP contribution is 2.41. The fourth-order valence-corrected chi connectivity index (χ4v) is 2.57. The van der Waals surface area contributed by atoms with Gasteiger partial charge in [0, 0.05) is 19.6 Å². The van der Waals surface area contributed by atoms with Crippen molar-refractivity contribution < 1.29 is 4.79 Å². The monoisotopic (exact) mass is 240 g/mol. The highest BCUT2D eigenvalue weighted by molar-refractivity contribution is 5.84. The van der Waals surface area contributed by atoms with Crippen LogP contribution in [0.25, 0.3) is 0 Å². The van der Waals surface area contributed by atoms with E-state index in [2.05, 4.69) is 27.7 Å². The molecule has 0 spiro atoms. The van der Waals surface area contributed by atoms with Crippen LogP contribution in [0.1, 0.15) is 47.0 Å². The number of nitrogens with two attached hydrogens (primary N) is 1. The standard InChI is InChI=1S/C14H28N2O/c1-11(2)8-16(9-12(3)4)13(17)14(10-15)6-5-7-14/h11-12H,5-10,15H2,1-4H3. The minimum Gasteiger partial charge on any atom is -0.342 e. The Labute approximate surface area is 106 Å². The van der Waals surface area contributed by atoms with Crippen LogP contribution in [0.15, 0.2) is 0 Å². The van der Waals surface area contributed by atoms with Crippen LogP contribution in [-0.2, 0) is 4.79 Å². The fraction of sp³-hybridized carbons (Fsp3) is 0.929. The molecular weight excluding hydrogens is 212 g/mol. The highest BCUT2D eigenvalue weighted by atomic mass is 16.2. The van der Waals surface area contributed by atoms with E-state index in [-0.39, 0.29) is 5.41 Å². The second-order valence-electron chi connectivity index (χ2n) is 6.34. The third kappa shape index (κ3) is 3.44. The average molecular weight is 240 g/mol. The summed E-state index contributed by atoms with van der Waals surface area (Å²) in [6.07, 6.45) is 3.12. The van der Waals surface area contributed by atoms with E-state index in [0.29, 0.717) is 24.3 Å². The largest absolute Gasteiger partial charge is 0.342 e. The summed E-state index contributed by atoms with van der Waals surface area (Å²) in [6, 6.07) is 0. The molecule has 3 heteroatoms. The van der Waals surface area contributed by atoms with Gasteiger partial charge in [-0.2, -0.15) is 0 Å². The van der Waals surface area contributed by atoms with Crippen molar-refractivity contribution in [3.8, 4) is 0 Å². The Morgan fingerprint density at radius 1 is 1.18 bits per heavy atom. The summed E-state index contributed by atoms with van der Waals surface area (Å²) in [7, 11) is 0. The molecule has 1 fully saturated rings. The quantitative estimate of drug-likeness (QED) is 0.774. The molecule has 1 amide bonds. The number of nitrogens with zero attached hydrogens (tertiary/aromatic N) is 1. The van der Waals surface area contributed by atoms with Crippen molar-refractivity contribution in [2.24, 2.45) is 23.0 Å². The first kappa shape index (κ1) is 14.5. The Bertz CT molecular complexity index is 241. The number of hydrogen-bond acceptors (Lipinski definition) is 2. The first-order valence-electron chi connectivity index (χ1n) is 6.90. The van der Waals surface area contributed by atoms with Gasteiger partial charge in [0.2, 0.25) is 5.91 Å². The molecule has 0 saturated heterocycles. The van der Waals surface area contributed by atoms with Gasteiger partial charge in [-0.3, -0.25) is 4.79 Å². The predicted molar refractivity (Wildman–Crippen MR) is 71.6 cm³/mol. The van der Waals surface area contributed by atoms with Gasteiger partial charge in [-0.15, -0.1) is 0 Å². The maximum absolute atomic E-state index is 12.6. The molecule has 0 aromatic rings. The van der Waals surface area contributed by atoms with E-state index < -0.39 is 0 Å². The molecule has 1 aliphatic carbocycles. The summed E-state index contributed by atoms with van der Waals surface area (Å²) in [5.74, 6) is 1.34. The van der Waals surface area contributed by atoms with Crippen molar-refractivity contribution >= 4 is 5.91 Å². The average Bonchev–Trinajstić information content (AvgIpc) is 2.14. The summed E-state index contributed by atoms with van der Waals surface area (Å²) in [5.41, 5.74) is 5.60. The van der Waals surface area contributed by atoms with Crippen molar-refractivity contribution in [2.75, 3.05) is 19.6 Å². The molecule has 17 heavy (non-hydrogen) atoms. The molecule has 0 aromatic carbocycles. The van der Waals surface area contributed by atoms with Crippen LogP contribution in [0.5, 0.6) is 0 Å². The lowest BCUT2D eigenvalue weighted by molar-refractivity contribution is -0.147. The summed E-state index contributed by atoms with van der Waals surface area (Å²) >= 11 is 0. The SMILES string of the molecule is CC(C)CN(CC(C)C)C(=O)C1(CN)CCC1. The predicted octanol–water partition coefficient (Wildman–Crippen LogP) is 2.26. The number of amides is 1. The van der Waals surface area contributed by atoms with Gasteiger partial charge in [-0.1, -0.05) is 34.1 Å². The molecule has 0 atom stereocenters. The summed E-state index contributed by atoms with van der Waals surface area (Å²) in [6.45, 7) is 10.9. The zero-order valence-corrected chi connectivity index (χ0v) is 11.8. The van der Waals surface area contributed by atoms with Gasteiger partial charge in [0.05, 0.1) is 5.41 Å². The van der Waals surface area contributed by atoms with Gasteiger partial charge < -0.3 is 10.6 Å². The van der Waals surface area contributed by atoms with E-state index in [9.17, 15) is 4.79 Å². The third-order valence-electron chi connectivity index (χ3n) is 3.61. The Hall–Kier alpha value is -0.570. The molecule has 0 aromatic heterocycles. The number of rotatable bonds is 6. The van der Waals surface area contributed by atoms with Crippen LogP contribution in [0.3, 0.4) is 0 Å². The normalized spacial score (nSPS) is 18.3. The molecular formula is C14H28N2O. The minimum atomic E-state index is -0.218. The van der Waals surface area contributed by atoms with E-state index in [1.165, 1.54) is 0 Å². The van der Waals surface area contributed by atoms with E-state index in [1.807, 2.05) is 4.90 Å². The molecule has 0 aliphatic heterocycles. The van der Waals surface area contributed by atoms with Crippen LogP contribution in [-0.4, -0.2) is 30.4 Å². The van der Waals surface area contributed by atoms with Gasteiger partial charge in [0.1, 0.15) is 0 Å². The maximum atomic E-state index is 12.6. The van der Waals surface area contributed by atoms with Crippen molar-refractivity contribution in [2.45, 2.75) is 47.0 Å². The Balaban J connectivity index is 2.71. The van der Waals surface area contributed by atoms with E-state index in [1.54, 1.807) is 0 Å². The van der Waals surface area contributed by atoms with Crippen LogP contribution in [0.4, 0.5) is 0 Å². The van der Waals surface area contributed by atoms with Gasteiger partial charge in [0.15, 0.2) is 0 Å². The van der Waals surface area contributed by atoms with Gasteiger partial charge in [-0.25, -0.2) is 0 Å². The smallest absolute Gasteiger partial charge is 0.230 e. The van der Waals surface area contributed by atoms with E-state index in [0.717, 1.165) is 32.4 Å². The Morgan fingerprint density at radius 3 is 1.88 bits per heavy atom. The Morgan fingerprint density at radius 2 is 1.65 bits per heavy atom. The lowest BCUT2D eigenvalue weighted by Gasteiger charge is -2.43. The van der Waals surface area contributed by atoms with Crippen molar-refractivity contribution in [3.63, 3.8) is 0 Å². The Kier molecular flexibility index (Phi) is 4.99. The molecule has 0 heterocycles. The van der Waals surface area contributed by atoms with Crippen LogP contribution < -0.4 is 5.73 Å².